The van der Waals surface area contributed by atoms with Gasteiger partial charge in [-0.05, 0) is 0 Å². The number of hydrogen-bond donors (Lipinski definition) is 0. The Balaban J connectivity index is -0.0000000200. The summed E-state index contributed by atoms with van der Waals surface area (Å²) in [6.45, 7) is 4.25. The Morgan fingerprint density at radius 2 is 1.20 bits per heavy atom. The Morgan fingerprint density at radius 3 is 1.20 bits per heavy atom. The topological polar surface area (TPSA) is 0 Å². The fraction of sp³-hybridized carbons (Fsp3) is 1.00. The van der Waals surface area contributed by atoms with Crippen molar-refractivity contribution in [3.63, 3.8) is 0 Å². The van der Waals surface area contributed by atoms with Gasteiger partial charge in [-0.1, -0.05) is 20.3 Å². The third-order valence-electron chi connectivity index (χ3n) is 0. The predicted octanol–water partition coefficient (Wildman–Crippen LogP) is 0.922. The van der Waals surface area contributed by atoms with Gasteiger partial charge in [-0.15, -0.1) is 12.4 Å². The number of halogens is 1. The molecule has 0 aromatic rings. The van der Waals surface area contributed by atoms with Crippen molar-refractivity contribution in [3.05, 3.63) is 0 Å². The normalized spacial score (nSPS) is 3.60. The van der Waals surface area contributed by atoms with Crippen LogP contribution in [0, 0.1) is 0 Å². The maximum atomic E-state index is 2.12. The molecule has 0 atom stereocenters. The van der Waals surface area contributed by atoms with Crippen LogP contribution in [-0.2, 0) is 0 Å². The molecular formula is C3H11CaCl. The van der Waals surface area contributed by atoms with Crippen molar-refractivity contribution in [2.24, 2.45) is 0 Å². The van der Waals surface area contributed by atoms with E-state index in [0.717, 1.165) is 0 Å². The quantitative estimate of drug-likeness (QED) is 0.420. The molecule has 0 heterocycles. The van der Waals surface area contributed by atoms with Crippen LogP contribution in [0.1, 0.15) is 20.3 Å². The van der Waals surface area contributed by atoms with Crippen LogP contribution in [0.5, 0.6) is 0 Å². The fourth-order valence-electron chi connectivity index (χ4n) is 0. The van der Waals surface area contributed by atoms with Crippen LogP contribution in [0.15, 0.2) is 0 Å². The first kappa shape index (κ1) is 16.0. The summed E-state index contributed by atoms with van der Waals surface area (Å²) in [6.07, 6.45) is 1.25. The van der Waals surface area contributed by atoms with Gasteiger partial charge in [0.1, 0.15) is 0 Å². The van der Waals surface area contributed by atoms with Gasteiger partial charge in [0.05, 0.1) is 0 Å². The Hall–Kier alpha value is 1.55. The predicted molar refractivity (Wildman–Crippen MR) is 31.8 cm³/mol. The fourth-order valence-corrected chi connectivity index (χ4v) is 0. The van der Waals surface area contributed by atoms with E-state index in [1.807, 2.05) is 0 Å². The summed E-state index contributed by atoms with van der Waals surface area (Å²) in [5, 5.41) is 0. The molecule has 0 aliphatic rings. The van der Waals surface area contributed by atoms with E-state index in [1.54, 1.807) is 0 Å². The van der Waals surface area contributed by atoms with Gasteiger partial charge < -0.3 is 0 Å². The van der Waals surface area contributed by atoms with Gasteiger partial charge in [0.15, 0.2) is 0 Å². The Kier molecular flexibility index (Phi) is 56.6. The van der Waals surface area contributed by atoms with Gasteiger partial charge in [0, 0.05) is 0 Å². The molecule has 0 aromatic carbocycles. The molecule has 0 rings (SSSR count). The second-order valence-corrected chi connectivity index (χ2v) is 0.707. The Bertz CT molecular complexity index is 6.85. The third-order valence-corrected chi connectivity index (χ3v) is 0. The van der Waals surface area contributed by atoms with E-state index in [4.69, 9.17) is 0 Å². The molecule has 0 unspecified atom stereocenters. The average Bonchev–Trinajstić information content (AvgIpc) is 0.918. The monoisotopic (exact) mass is 122 g/mol. The molecule has 5 heavy (non-hydrogen) atoms. The summed E-state index contributed by atoms with van der Waals surface area (Å²) in [6, 6.07) is 0. The van der Waals surface area contributed by atoms with Crippen molar-refractivity contribution < 1.29 is 0 Å². The van der Waals surface area contributed by atoms with Crippen LogP contribution >= 0.6 is 12.4 Å². The first-order chi connectivity index (χ1) is 1.41. The van der Waals surface area contributed by atoms with E-state index in [2.05, 4.69) is 13.8 Å². The molecule has 0 bridgehead atoms. The molecule has 0 N–H and O–H groups in total. The molecule has 32 valence electrons. The SMILES string of the molecule is CCC.Cl.[CaH2]. The van der Waals surface area contributed by atoms with Crippen molar-refractivity contribution >= 4 is 50.1 Å². The van der Waals surface area contributed by atoms with E-state index >= 15 is 0 Å². The van der Waals surface area contributed by atoms with Gasteiger partial charge >= 0.3 is 37.7 Å². The van der Waals surface area contributed by atoms with Crippen molar-refractivity contribution in [1.82, 2.24) is 0 Å². The van der Waals surface area contributed by atoms with Gasteiger partial charge in [0.25, 0.3) is 0 Å². The Morgan fingerprint density at radius 1 is 1.20 bits per heavy atom. The van der Waals surface area contributed by atoms with Crippen LogP contribution in [-0.4, -0.2) is 37.7 Å². The molecule has 0 radical (unpaired) electrons. The number of hydrogen-bond acceptors (Lipinski definition) is 0. The van der Waals surface area contributed by atoms with Gasteiger partial charge in [0.2, 0.25) is 0 Å². The van der Waals surface area contributed by atoms with Crippen molar-refractivity contribution in [3.8, 4) is 0 Å². The Labute approximate surface area is 69.7 Å². The third kappa shape index (κ3) is 29.1. The summed E-state index contributed by atoms with van der Waals surface area (Å²) in [5.74, 6) is 0. The molecule has 0 aromatic heterocycles. The molecule has 2 heteroatoms. The summed E-state index contributed by atoms with van der Waals surface area (Å²) in [4.78, 5) is 0. The first-order valence-electron chi connectivity index (χ1n) is 1.41. The molecule has 0 saturated heterocycles. The average molecular weight is 123 g/mol. The van der Waals surface area contributed by atoms with Gasteiger partial charge in [-0.3, -0.25) is 0 Å². The maximum absolute atomic E-state index is 2.12. The zero-order valence-electron chi connectivity index (χ0n) is 3.12. The summed E-state index contributed by atoms with van der Waals surface area (Å²) in [7, 11) is 0. The molecule has 0 spiro atoms. The molecule has 0 fully saturated rings. The second kappa shape index (κ2) is 17.7. The van der Waals surface area contributed by atoms with Crippen molar-refractivity contribution in [1.29, 1.82) is 0 Å². The number of rotatable bonds is 0. The van der Waals surface area contributed by atoms with E-state index in [-0.39, 0.29) is 50.1 Å². The van der Waals surface area contributed by atoms with Crippen LogP contribution < -0.4 is 0 Å². The minimum absolute atomic E-state index is 0. The molecule has 0 aliphatic carbocycles. The van der Waals surface area contributed by atoms with E-state index in [0.29, 0.717) is 0 Å². The van der Waals surface area contributed by atoms with E-state index in [1.165, 1.54) is 6.42 Å². The minimum atomic E-state index is 0. The standard InChI is InChI=1S/C3H8.Ca.ClH.2H/c1-3-2;;;;/h3H2,1-2H3;;1H;;. The molecule has 0 aliphatic heterocycles. The van der Waals surface area contributed by atoms with Crippen molar-refractivity contribution in [2.45, 2.75) is 20.3 Å². The zero-order valence-corrected chi connectivity index (χ0v) is 3.93. The van der Waals surface area contributed by atoms with E-state index < -0.39 is 0 Å². The first-order valence-corrected chi connectivity index (χ1v) is 1.41. The van der Waals surface area contributed by atoms with Crippen molar-refractivity contribution in [2.75, 3.05) is 0 Å². The van der Waals surface area contributed by atoms with Gasteiger partial charge in [-0.2, -0.15) is 0 Å². The van der Waals surface area contributed by atoms with Gasteiger partial charge in [-0.25, -0.2) is 0 Å². The molecular weight excluding hydrogens is 112 g/mol. The van der Waals surface area contributed by atoms with E-state index in [9.17, 15) is 0 Å². The molecule has 0 nitrogen and oxygen atoms in total. The molecule has 0 saturated carbocycles. The summed E-state index contributed by atoms with van der Waals surface area (Å²) >= 11 is 0. The molecule has 0 amide bonds. The zero-order chi connectivity index (χ0) is 2.71. The summed E-state index contributed by atoms with van der Waals surface area (Å²) < 4.78 is 0. The van der Waals surface area contributed by atoms with Crippen LogP contribution in [0.25, 0.3) is 0 Å². The van der Waals surface area contributed by atoms with Crippen LogP contribution in [0.2, 0.25) is 0 Å². The van der Waals surface area contributed by atoms with Crippen LogP contribution in [0.4, 0.5) is 0 Å². The second-order valence-electron chi connectivity index (χ2n) is 0.707. The summed E-state index contributed by atoms with van der Waals surface area (Å²) in [5.41, 5.74) is 0. The van der Waals surface area contributed by atoms with Crippen LogP contribution in [0.3, 0.4) is 0 Å².